The van der Waals surface area contributed by atoms with Crippen LogP contribution in [0.25, 0.3) is 0 Å². The molecule has 0 aromatic heterocycles. The summed E-state index contributed by atoms with van der Waals surface area (Å²) in [5.74, 6) is -0.365. The number of rotatable bonds is 8. The fraction of sp³-hybridized carbons (Fsp3) is 0.333. The minimum Gasteiger partial charge on any atom is -0.355 e. The second kappa shape index (κ2) is 10.7. The van der Waals surface area contributed by atoms with E-state index in [1.165, 1.54) is 0 Å². The highest BCUT2D eigenvalue weighted by molar-refractivity contribution is 6.42. The lowest BCUT2D eigenvalue weighted by Crippen LogP contribution is -2.49. The molecule has 2 aromatic rings. The first-order valence-electron chi connectivity index (χ1n) is 9.11. The molecule has 2 rings (SSSR count). The smallest absolute Gasteiger partial charge is 0.242 e. The van der Waals surface area contributed by atoms with Gasteiger partial charge in [0.25, 0.3) is 0 Å². The van der Waals surface area contributed by atoms with Gasteiger partial charge in [-0.2, -0.15) is 0 Å². The number of amides is 2. The van der Waals surface area contributed by atoms with Crippen LogP contribution < -0.4 is 5.32 Å². The van der Waals surface area contributed by atoms with E-state index < -0.39 is 6.04 Å². The molecule has 2 aromatic carbocycles. The van der Waals surface area contributed by atoms with E-state index in [-0.39, 0.29) is 24.8 Å². The van der Waals surface area contributed by atoms with Gasteiger partial charge in [0.2, 0.25) is 11.8 Å². The Balaban J connectivity index is 2.32. The molecule has 0 spiro atoms. The number of halogens is 3. The summed E-state index contributed by atoms with van der Waals surface area (Å²) >= 11 is 18.3. The third-order valence-corrected chi connectivity index (χ3v) is 5.48. The van der Waals surface area contributed by atoms with E-state index in [0.717, 1.165) is 11.1 Å². The van der Waals surface area contributed by atoms with Crippen LogP contribution in [-0.4, -0.2) is 29.3 Å². The van der Waals surface area contributed by atoms with Gasteiger partial charge in [-0.15, -0.1) is 0 Å². The molecule has 0 aliphatic rings. The molecule has 4 nitrogen and oxygen atoms in total. The van der Waals surface area contributed by atoms with Crippen molar-refractivity contribution in [2.24, 2.45) is 0 Å². The van der Waals surface area contributed by atoms with Crippen molar-refractivity contribution in [3.05, 3.63) is 68.7 Å². The van der Waals surface area contributed by atoms with Crippen LogP contribution in [0.3, 0.4) is 0 Å². The molecule has 1 N–H and O–H groups in total. The molecule has 0 radical (unpaired) electrons. The number of carbonyl (C=O) groups excluding carboxylic acids is 2. The van der Waals surface area contributed by atoms with Crippen LogP contribution >= 0.6 is 34.8 Å². The average molecular weight is 442 g/mol. The van der Waals surface area contributed by atoms with Crippen molar-refractivity contribution < 1.29 is 9.59 Å². The Morgan fingerprint density at radius 2 is 1.71 bits per heavy atom. The predicted octanol–water partition coefficient (Wildman–Crippen LogP) is 5.13. The van der Waals surface area contributed by atoms with Gasteiger partial charge in [-0.1, -0.05) is 66.0 Å². The van der Waals surface area contributed by atoms with E-state index in [1.807, 2.05) is 32.0 Å². The highest BCUT2D eigenvalue weighted by atomic mass is 35.5. The standard InChI is InChI=1S/C21H23Cl3N2O2/c1-3-19(21(28)25-4-2)26(13-15-7-5-6-8-16(15)22)20(27)12-14-9-10-17(23)18(24)11-14/h5-11,19H,3-4,12-13H2,1-2H3,(H,25,28)/t19-/m1/s1. The molecule has 0 aliphatic heterocycles. The first-order chi connectivity index (χ1) is 13.4. The van der Waals surface area contributed by atoms with E-state index >= 15 is 0 Å². The first kappa shape index (κ1) is 22.5. The minimum absolute atomic E-state index is 0.108. The fourth-order valence-electron chi connectivity index (χ4n) is 2.95. The molecular formula is C21H23Cl3N2O2. The summed E-state index contributed by atoms with van der Waals surface area (Å²) in [5.41, 5.74) is 1.52. The van der Waals surface area contributed by atoms with Gasteiger partial charge >= 0.3 is 0 Å². The van der Waals surface area contributed by atoms with Gasteiger partial charge in [-0.3, -0.25) is 9.59 Å². The van der Waals surface area contributed by atoms with E-state index in [1.54, 1.807) is 29.2 Å². The van der Waals surface area contributed by atoms with Crippen molar-refractivity contribution in [2.45, 2.75) is 39.3 Å². The molecule has 0 aliphatic carbocycles. The fourth-order valence-corrected chi connectivity index (χ4v) is 3.46. The third kappa shape index (κ3) is 5.87. The number of nitrogens with one attached hydrogen (secondary N) is 1. The highest BCUT2D eigenvalue weighted by Gasteiger charge is 2.28. The molecule has 7 heteroatoms. The van der Waals surface area contributed by atoms with Crippen LogP contribution in [0.4, 0.5) is 0 Å². The van der Waals surface area contributed by atoms with Crippen molar-refractivity contribution in [3.63, 3.8) is 0 Å². The molecule has 2 amide bonds. The van der Waals surface area contributed by atoms with Gasteiger partial charge < -0.3 is 10.2 Å². The number of hydrogen-bond acceptors (Lipinski definition) is 2. The Hall–Kier alpha value is -1.75. The highest BCUT2D eigenvalue weighted by Crippen LogP contribution is 2.24. The van der Waals surface area contributed by atoms with Crippen molar-refractivity contribution in [1.82, 2.24) is 10.2 Å². The zero-order chi connectivity index (χ0) is 20.7. The minimum atomic E-state index is -0.591. The Morgan fingerprint density at radius 1 is 1.00 bits per heavy atom. The van der Waals surface area contributed by atoms with E-state index in [0.29, 0.717) is 28.0 Å². The largest absolute Gasteiger partial charge is 0.355 e. The van der Waals surface area contributed by atoms with Crippen LogP contribution in [-0.2, 0) is 22.6 Å². The van der Waals surface area contributed by atoms with Crippen LogP contribution in [0.15, 0.2) is 42.5 Å². The topological polar surface area (TPSA) is 49.4 Å². The summed E-state index contributed by atoms with van der Waals surface area (Å²) in [6, 6.07) is 11.8. The lowest BCUT2D eigenvalue weighted by Gasteiger charge is -2.31. The molecule has 0 bridgehead atoms. The molecule has 0 saturated heterocycles. The maximum Gasteiger partial charge on any atom is 0.242 e. The molecule has 1 atom stereocenters. The Bertz CT molecular complexity index is 842. The van der Waals surface area contributed by atoms with E-state index in [4.69, 9.17) is 34.8 Å². The average Bonchev–Trinajstić information content (AvgIpc) is 2.66. The van der Waals surface area contributed by atoms with Gasteiger partial charge in [0.05, 0.1) is 16.5 Å². The maximum atomic E-state index is 13.2. The van der Waals surface area contributed by atoms with Gasteiger partial charge in [0, 0.05) is 18.1 Å². The van der Waals surface area contributed by atoms with Crippen LogP contribution in [0.2, 0.25) is 15.1 Å². The van der Waals surface area contributed by atoms with E-state index in [2.05, 4.69) is 5.32 Å². The monoisotopic (exact) mass is 440 g/mol. The summed E-state index contributed by atoms with van der Waals surface area (Å²) in [5, 5.41) is 4.18. The summed E-state index contributed by atoms with van der Waals surface area (Å²) in [4.78, 5) is 27.3. The number of hydrogen-bond donors (Lipinski definition) is 1. The summed E-state index contributed by atoms with van der Waals surface area (Å²) in [6.45, 7) is 4.47. The Labute approximate surface area is 180 Å². The summed E-state index contributed by atoms with van der Waals surface area (Å²) in [7, 11) is 0. The number of benzene rings is 2. The van der Waals surface area contributed by atoms with E-state index in [9.17, 15) is 9.59 Å². The van der Waals surface area contributed by atoms with Gasteiger partial charge in [0.1, 0.15) is 6.04 Å². The normalized spacial score (nSPS) is 11.8. The van der Waals surface area contributed by atoms with Crippen molar-refractivity contribution >= 4 is 46.6 Å². The van der Waals surface area contributed by atoms with Crippen molar-refractivity contribution in [1.29, 1.82) is 0 Å². The number of nitrogens with zero attached hydrogens (tertiary/aromatic N) is 1. The van der Waals surface area contributed by atoms with Gasteiger partial charge in [0.15, 0.2) is 0 Å². The third-order valence-electron chi connectivity index (χ3n) is 4.37. The summed E-state index contributed by atoms with van der Waals surface area (Å²) in [6.07, 6.45) is 0.598. The van der Waals surface area contributed by atoms with Crippen molar-refractivity contribution in [2.75, 3.05) is 6.54 Å². The molecule has 0 unspecified atom stereocenters. The number of likely N-dealkylation sites (N-methyl/N-ethyl adjacent to an activating group) is 1. The molecule has 0 saturated carbocycles. The van der Waals surface area contributed by atoms with Gasteiger partial charge in [-0.05, 0) is 42.7 Å². The zero-order valence-electron chi connectivity index (χ0n) is 15.8. The quantitative estimate of drug-likeness (QED) is 0.617. The maximum absolute atomic E-state index is 13.2. The van der Waals surface area contributed by atoms with Gasteiger partial charge in [-0.25, -0.2) is 0 Å². The van der Waals surface area contributed by atoms with Crippen LogP contribution in [0.5, 0.6) is 0 Å². The van der Waals surface area contributed by atoms with Crippen LogP contribution in [0, 0.1) is 0 Å². The molecule has 0 heterocycles. The molecular weight excluding hydrogens is 419 g/mol. The predicted molar refractivity (Wildman–Crippen MR) is 115 cm³/mol. The molecule has 150 valence electrons. The lowest BCUT2D eigenvalue weighted by molar-refractivity contribution is -0.140. The molecule has 0 fully saturated rings. The first-order valence-corrected chi connectivity index (χ1v) is 10.2. The number of carbonyl (C=O) groups is 2. The Morgan fingerprint density at radius 3 is 2.32 bits per heavy atom. The second-order valence-corrected chi connectivity index (χ2v) is 7.58. The zero-order valence-corrected chi connectivity index (χ0v) is 18.1. The second-order valence-electron chi connectivity index (χ2n) is 6.36. The lowest BCUT2D eigenvalue weighted by atomic mass is 10.1. The summed E-state index contributed by atoms with van der Waals surface area (Å²) < 4.78 is 0. The molecule has 28 heavy (non-hydrogen) atoms. The Kier molecular flexibility index (Phi) is 8.61. The van der Waals surface area contributed by atoms with Crippen molar-refractivity contribution in [3.8, 4) is 0 Å². The SMILES string of the molecule is CCNC(=O)[C@@H](CC)N(Cc1ccccc1Cl)C(=O)Cc1ccc(Cl)c(Cl)c1. The van der Waals surface area contributed by atoms with Crippen LogP contribution in [0.1, 0.15) is 31.4 Å².